The second kappa shape index (κ2) is 5.66. The van der Waals surface area contributed by atoms with Crippen molar-refractivity contribution in [2.24, 2.45) is 5.84 Å². The van der Waals surface area contributed by atoms with Crippen LogP contribution >= 0.6 is 0 Å². The molecule has 3 N–H and O–H groups in total. The van der Waals surface area contributed by atoms with Crippen molar-refractivity contribution >= 4 is 0 Å². The highest BCUT2D eigenvalue weighted by atomic mass is 19.2. The van der Waals surface area contributed by atoms with E-state index < -0.39 is 17.7 Å². The molecular weight excluding hydrogens is 236 g/mol. The van der Waals surface area contributed by atoms with Crippen LogP contribution in [-0.2, 0) is 6.42 Å². The van der Waals surface area contributed by atoms with Crippen molar-refractivity contribution in [2.45, 2.75) is 12.5 Å². The van der Waals surface area contributed by atoms with Crippen molar-refractivity contribution < 1.29 is 8.78 Å². The average Bonchev–Trinajstić information content (AvgIpc) is 2.41. The van der Waals surface area contributed by atoms with Gasteiger partial charge < -0.3 is 0 Å². The zero-order chi connectivity index (χ0) is 13.0. The fourth-order valence-electron chi connectivity index (χ4n) is 1.78. The second-order valence-corrected chi connectivity index (χ2v) is 3.89. The number of nitrogens with two attached hydrogens (primary N) is 1. The smallest absolute Gasteiger partial charge is 0.163 e. The third-order valence-corrected chi connectivity index (χ3v) is 2.70. The van der Waals surface area contributed by atoms with Crippen LogP contribution in [0.15, 0.2) is 42.6 Å². The van der Waals surface area contributed by atoms with Crippen molar-refractivity contribution in [3.05, 3.63) is 65.5 Å². The van der Waals surface area contributed by atoms with Gasteiger partial charge in [-0.05, 0) is 18.2 Å². The van der Waals surface area contributed by atoms with Crippen LogP contribution in [0.25, 0.3) is 0 Å². The number of benzene rings is 1. The number of hydrazine groups is 1. The fourth-order valence-corrected chi connectivity index (χ4v) is 1.78. The Hall–Kier alpha value is -1.85. The lowest BCUT2D eigenvalue weighted by molar-refractivity contribution is 0.462. The van der Waals surface area contributed by atoms with E-state index in [2.05, 4.69) is 10.4 Å². The van der Waals surface area contributed by atoms with E-state index in [9.17, 15) is 8.78 Å². The number of hydrogen-bond donors (Lipinski definition) is 2. The summed E-state index contributed by atoms with van der Waals surface area (Å²) in [5, 5.41) is 0. The van der Waals surface area contributed by atoms with Crippen LogP contribution in [0.2, 0.25) is 0 Å². The van der Waals surface area contributed by atoms with Crippen LogP contribution in [0.3, 0.4) is 0 Å². The molecule has 5 heteroatoms. The summed E-state index contributed by atoms with van der Waals surface area (Å²) in [4.78, 5) is 4.13. The molecule has 18 heavy (non-hydrogen) atoms. The van der Waals surface area contributed by atoms with E-state index in [4.69, 9.17) is 5.84 Å². The number of nitrogens with zero attached hydrogens (tertiary/aromatic N) is 1. The van der Waals surface area contributed by atoms with Crippen LogP contribution in [0.5, 0.6) is 0 Å². The summed E-state index contributed by atoms with van der Waals surface area (Å²) in [7, 11) is 0. The molecule has 0 radical (unpaired) electrons. The Morgan fingerprint density at radius 2 is 2.00 bits per heavy atom. The number of aromatic nitrogens is 1. The molecule has 2 rings (SSSR count). The van der Waals surface area contributed by atoms with E-state index in [0.717, 1.165) is 11.8 Å². The lowest BCUT2D eigenvalue weighted by Gasteiger charge is -2.16. The van der Waals surface area contributed by atoms with Gasteiger partial charge in [-0.3, -0.25) is 16.3 Å². The molecule has 0 aliphatic rings. The van der Waals surface area contributed by atoms with E-state index in [-0.39, 0.29) is 5.56 Å². The van der Waals surface area contributed by atoms with Gasteiger partial charge >= 0.3 is 0 Å². The summed E-state index contributed by atoms with van der Waals surface area (Å²) >= 11 is 0. The standard InChI is InChI=1S/C13H13F2N3/c14-11-6-3-5-10(13(11)15)12(18-16)8-9-4-1-2-7-17-9/h1-7,12,18H,8,16H2. The van der Waals surface area contributed by atoms with E-state index in [1.54, 1.807) is 12.3 Å². The average molecular weight is 249 g/mol. The summed E-state index contributed by atoms with van der Waals surface area (Å²) in [6.45, 7) is 0. The van der Waals surface area contributed by atoms with E-state index >= 15 is 0 Å². The maximum absolute atomic E-state index is 13.7. The highest BCUT2D eigenvalue weighted by molar-refractivity contribution is 5.24. The summed E-state index contributed by atoms with van der Waals surface area (Å²) < 4.78 is 26.8. The normalized spacial score (nSPS) is 12.4. The van der Waals surface area contributed by atoms with E-state index in [1.165, 1.54) is 12.1 Å². The molecule has 0 aliphatic carbocycles. The molecule has 1 heterocycles. The maximum Gasteiger partial charge on any atom is 0.163 e. The number of hydrogen-bond acceptors (Lipinski definition) is 3. The summed E-state index contributed by atoms with van der Waals surface area (Å²) in [6, 6.07) is 8.95. The van der Waals surface area contributed by atoms with Gasteiger partial charge in [0.2, 0.25) is 0 Å². The lowest BCUT2D eigenvalue weighted by atomic mass is 10.0. The molecule has 0 bridgehead atoms. The van der Waals surface area contributed by atoms with Gasteiger partial charge in [-0.25, -0.2) is 8.78 Å². The van der Waals surface area contributed by atoms with Gasteiger partial charge in [0, 0.05) is 23.9 Å². The monoisotopic (exact) mass is 249 g/mol. The van der Waals surface area contributed by atoms with E-state index in [0.29, 0.717) is 6.42 Å². The Balaban J connectivity index is 2.26. The number of pyridine rings is 1. The van der Waals surface area contributed by atoms with Crippen LogP contribution in [0.4, 0.5) is 8.78 Å². The van der Waals surface area contributed by atoms with Gasteiger partial charge in [-0.2, -0.15) is 0 Å². The minimum absolute atomic E-state index is 0.197. The van der Waals surface area contributed by atoms with Gasteiger partial charge in [0.15, 0.2) is 11.6 Å². The first-order chi connectivity index (χ1) is 8.72. The van der Waals surface area contributed by atoms with Crippen molar-refractivity contribution in [3.63, 3.8) is 0 Å². The second-order valence-electron chi connectivity index (χ2n) is 3.89. The van der Waals surface area contributed by atoms with Gasteiger partial charge in [0.25, 0.3) is 0 Å². The Morgan fingerprint density at radius 3 is 2.67 bits per heavy atom. The summed E-state index contributed by atoms with van der Waals surface area (Å²) in [6.07, 6.45) is 2.03. The van der Waals surface area contributed by atoms with Gasteiger partial charge in [-0.1, -0.05) is 18.2 Å². The molecule has 0 saturated heterocycles. The van der Waals surface area contributed by atoms with Crippen LogP contribution in [0, 0.1) is 11.6 Å². The lowest BCUT2D eigenvalue weighted by Crippen LogP contribution is -2.30. The minimum atomic E-state index is -0.881. The Bertz CT molecular complexity index is 517. The third-order valence-electron chi connectivity index (χ3n) is 2.70. The molecule has 1 aromatic heterocycles. The first kappa shape index (κ1) is 12.6. The molecule has 0 spiro atoms. The summed E-state index contributed by atoms with van der Waals surface area (Å²) in [5.41, 5.74) is 3.44. The molecule has 1 unspecified atom stereocenters. The molecular formula is C13H13F2N3. The van der Waals surface area contributed by atoms with Crippen molar-refractivity contribution in [1.29, 1.82) is 0 Å². The van der Waals surface area contributed by atoms with Crippen LogP contribution in [-0.4, -0.2) is 4.98 Å². The first-order valence-electron chi connectivity index (χ1n) is 5.52. The molecule has 2 aromatic rings. The molecule has 0 saturated carbocycles. The Labute approximate surface area is 104 Å². The predicted octanol–water partition coefficient (Wildman–Crippen LogP) is 2.11. The maximum atomic E-state index is 13.7. The quantitative estimate of drug-likeness (QED) is 0.644. The van der Waals surface area contributed by atoms with Crippen LogP contribution < -0.4 is 11.3 Å². The van der Waals surface area contributed by atoms with Crippen molar-refractivity contribution in [2.75, 3.05) is 0 Å². The Kier molecular flexibility index (Phi) is 3.96. The Morgan fingerprint density at radius 1 is 1.17 bits per heavy atom. The molecule has 0 fully saturated rings. The summed E-state index contributed by atoms with van der Waals surface area (Å²) in [5.74, 6) is 3.65. The zero-order valence-corrected chi connectivity index (χ0v) is 9.61. The molecule has 1 atom stereocenters. The van der Waals surface area contributed by atoms with Gasteiger partial charge in [0.05, 0.1) is 6.04 Å². The molecule has 0 aliphatic heterocycles. The SMILES string of the molecule is NNC(Cc1ccccn1)c1cccc(F)c1F. The fraction of sp³-hybridized carbons (Fsp3) is 0.154. The van der Waals surface area contributed by atoms with Crippen molar-refractivity contribution in [3.8, 4) is 0 Å². The van der Waals surface area contributed by atoms with Gasteiger partial charge in [0.1, 0.15) is 0 Å². The molecule has 3 nitrogen and oxygen atoms in total. The number of rotatable bonds is 4. The van der Waals surface area contributed by atoms with Crippen molar-refractivity contribution in [1.82, 2.24) is 10.4 Å². The highest BCUT2D eigenvalue weighted by Gasteiger charge is 2.17. The number of nitrogens with one attached hydrogen (secondary N) is 1. The first-order valence-corrected chi connectivity index (χ1v) is 5.52. The molecule has 1 aromatic carbocycles. The third kappa shape index (κ3) is 2.69. The van der Waals surface area contributed by atoms with Crippen LogP contribution in [0.1, 0.15) is 17.3 Å². The van der Waals surface area contributed by atoms with Gasteiger partial charge in [-0.15, -0.1) is 0 Å². The largest absolute Gasteiger partial charge is 0.271 e. The molecule has 94 valence electrons. The molecule has 0 amide bonds. The topological polar surface area (TPSA) is 50.9 Å². The highest BCUT2D eigenvalue weighted by Crippen LogP contribution is 2.21. The van der Waals surface area contributed by atoms with E-state index in [1.807, 2.05) is 12.1 Å². The number of halogens is 2. The zero-order valence-electron chi connectivity index (χ0n) is 9.61. The minimum Gasteiger partial charge on any atom is -0.271 e. The predicted molar refractivity (Wildman–Crippen MR) is 64.4 cm³/mol.